The summed E-state index contributed by atoms with van der Waals surface area (Å²) in [4.78, 5) is 27.0. The summed E-state index contributed by atoms with van der Waals surface area (Å²) in [6.07, 6.45) is 3.07. The largest absolute Gasteiger partial charge is 0.339 e. The summed E-state index contributed by atoms with van der Waals surface area (Å²) in [6.45, 7) is 6.76. The highest BCUT2D eigenvalue weighted by atomic mass is 32.0. The van der Waals surface area contributed by atoms with E-state index in [9.17, 15) is 9.59 Å². The lowest BCUT2D eigenvalue weighted by Crippen LogP contribution is -2.32. The summed E-state index contributed by atoms with van der Waals surface area (Å²) in [5.41, 5.74) is 1.34. The molecule has 2 amide bonds. The Morgan fingerprint density at radius 2 is 1.78 bits per heavy atom. The van der Waals surface area contributed by atoms with Gasteiger partial charge in [0.25, 0.3) is 5.91 Å². The van der Waals surface area contributed by atoms with E-state index in [4.69, 9.17) is 0 Å². The molecule has 3 rings (SSSR count). The zero-order chi connectivity index (χ0) is 16.4. The highest BCUT2D eigenvalue weighted by Crippen LogP contribution is 2.46. The molecule has 0 spiro atoms. The van der Waals surface area contributed by atoms with Crippen LogP contribution in [0.4, 0.5) is 0 Å². The van der Waals surface area contributed by atoms with E-state index in [2.05, 4.69) is 6.66 Å². The zero-order valence-corrected chi connectivity index (χ0v) is 15.8. The van der Waals surface area contributed by atoms with E-state index in [1.54, 1.807) is 0 Å². The minimum Gasteiger partial charge on any atom is -0.339 e. The van der Waals surface area contributed by atoms with Gasteiger partial charge in [0.1, 0.15) is 0 Å². The van der Waals surface area contributed by atoms with Gasteiger partial charge < -0.3 is 9.57 Å². The van der Waals surface area contributed by atoms with Crippen molar-refractivity contribution < 1.29 is 9.59 Å². The topological polar surface area (TPSA) is 40.6 Å². The van der Waals surface area contributed by atoms with Crippen molar-refractivity contribution in [3.63, 3.8) is 0 Å². The van der Waals surface area contributed by atoms with Crippen LogP contribution in [0.3, 0.4) is 0 Å². The SMILES string of the molecule is CPPN1CC[C@@](C)(c2ccc(C(=O)N3CCCC3)cc2)C1=O. The fraction of sp³-hybridized carbons (Fsp3) is 0.529. The van der Waals surface area contributed by atoms with Crippen LogP contribution in [0.25, 0.3) is 0 Å². The first-order valence-corrected chi connectivity index (χ1v) is 11.6. The third kappa shape index (κ3) is 3.16. The van der Waals surface area contributed by atoms with Crippen molar-refractivity contribution in [2.75, 3.05) is 26.3 Å². The van der Waals surface area contributed by atoms with Crippen LogP contribution in [-0.4, -0.2) is 47.7 Å². The van der Waals surface area contributed by atoms with E-state index < -0.39 is 5.41 Å². The molecule has 2 fully saturated rings. The molecule has 0 saturated carbocycles. The van der Waals surface area contributed by atoms with Gasteiger partial charge in [-0.2, -0.15) is 0 Å². The second kappa shape index (κ2) is 6.87. The van der Waals surface area contributed by atoms with Crippen LogP contribution in [0.15, 0.2) is 24.3 Å². The Bertz CT molecular complexity index is 599. The lowest BCUT2D eigenvalue weighted by Gasteiger charge is -2.24. The summed E-state index contributed by atoms with van der Waals surface area (Å²) in [7, 11) is 1.40. The molecule has 2 saturated heterocycles. The highest BCUT2D eigenvalue weighted by molar-refractivity contribution is 8.10. The number of carbonyl (C=O) groups is 2. The van der Waals surface area contributed by atoms with Crippen molar-refractivity contribution in [1.29, 1.82) is 0 Å². The molecule has 4 nitrogen and oxygen atoms in total. The van der Waals surface area contributed by atoms with Gasteiger partial charge in [0.15, 0.2) is 0 Å². The van der Waals surface area contributed by atoms with Gasteiger partial charge in [0.05, 0.1) is 5.41 Å². The van der Waals surface area contributed by atoms with Gasteiger partial charge >= 0.3 is 0 Å². The van der Waals surface area contributed by atoms with Crippen molar-refractivity contribution in [1.82, 2.24) is 9.57 Å². The second-order valence-electron chi connectivity index (χ2n) is 6.48. The Balaban J connectivity index is 1.76. The monoisotopic (exact) mass is 350 g/mol. The van der Waals surface area contributed by atoms with Crippen LogP contribution in [-0.2, 0) is 10.2 Å². The van der Waals surface area contributed by atoms with Crippen molar-refractivity contribution in [2.24, 2.45) is 0 Å². The maximum Gasteiger partial charge on any atom is 0.253 e. The molecule has 0 aromatic heterocycles. The highest BCUT2D eigenvalue weighted by Gasteiger charge is 2.43. The van der Waals surface area contributed by atoms with Gasteiger partial charge in [-0.25, -0.2) is 0 Å². The fourth-order valence-corrected chi connectivity index (χ4v) is 5.73. The molecule has 2 aliphatic rings. The minimum absolute atomic E-state index is 0.118. The molecule has 2 aliphatic heterocycles. The molecular formula is C17H24N2O2P2. The molecular weight excluding hydrogens is 326 g/mol. The van der Waals surface area contributed by atoms with E-state index in [-0.39, 0.29) is 11.8 Å². The smallest absolute Gasteiger partial charge is 0.253 e. The predicted molar refractivity (Wildman–Crippen MR) is 97.8 cm³/mol. The molecule has 0 bridgehead atoms. The van der Waals surface area contributed by atoms with Crippen molar-refractivity contribution >= 4 is 28.5 Å². The standard InChI is InChI=1S/C17H24N2O2P2/c1-17(9-12-19(16(17)21)23-22-2)14-7-5-13(6-8-14)15(20)18-10-3-4-11-18/h5-8,22-23H,3-4,9-12H2,1-2H3/t17-/m0/s1. The molecule has 23 heavy (non-hydrogen) atoms. The summed E-state index contributed by atoms with van der Waals surface area (Å²) < 4.78 is 2.00. The molecule has 1 aromatic carbocycles. The average Bonchev–Trinajstić information content (AvgIpc) is 3.20. The Morgan fingerprint density at radius 1 is 1.13 bits per heavy atom. The molecule has 0 aliphatic carbocycles. The van der Waals surface area contributed by atoms with E-state index in [1.165, 1.54) is 0 Å². The molecule has 124 valence electrons. The number of amides is 2. The molecule has 3 atom stereocenters. The second-order valence-corrected chi connectivity index (χ2v) is 9.91. The van der Waals surface area contributed by atoms with Gasteiger partial charge in [-0.15, -0.1) is 0 Å². The maximum absolute atomic E-state index is 12.7. The van der Waals surface area contributed by atoms with Crippen LogP contribution in [0, 0.1) is 0 Å². The number of nitrogens with zero attached hydrogens (tertiary/aromatic N) is 2. The van der Waals surface area contributed by atoms with Crippen LogP contribution in [0.2, 0.25) is 0 Å². The van der Waals surface area contributed by atoms with Crippen molar-refractivity contribution in [3.05, 3.63) is 35.4 Å². The van der Waals surface area contributed by atoms with Gasteiger partial charge in [-0.05, 0) is 50.5 Å². The molecule has 1 aromatic rings. The predicted octanol–water partition coefficient (Wildman–Crippen LogP) is 3.23. The van der Waals surface area contributed by atoms with Gasteiger partial charge in [-0.1, -0.05) is 20.4 Å². The van der Waals surface area contributed by atoms with Gasteiger partial charge in [-0.3, -0.25) is 9.59 Å². The molecule has 2 unspecified atom stereocenters. The van der Waals surface area contributed by atoms with Crippen LogP contribution in [0.5, 0.6) is 0 Å². The molecule has 6 heteroatoms. The Morgan fingerprint density at radius 3 is 2.39 bits per heavy atom. The number of hydrogen-bond acceptors (Lipinski definition) is 2. The average molecular weight is 350 g/mol. The lowest BCUT2D eigenvalue weighted by atomic mass is 9.81. The third-order valence-corrected chi connectivity index (χ3v) is 7.36. The first-order valence-electron chi connectivity index (χ1n) is 8.20. The minimum atomic E-state index is -0.429. The maximum atomic E-state index is 12.7. The van der Waals surface area contributed by atoms with E-state index in [0.29, 0.717) is 8.42 Å². The Labute approximate surface area is 141 Å². The normalized spacial score (nSPS) is 25.6. The van der Waals surface area contributed by atoms with Crippen molar-refractivity contribution in [3.8, 4) is 0 Å². The quantitative estimate of drug-likeness (QED) is 0.783. The third-order valence-electron chi connectivity index (χ3n) is 4.96. The zero-order valence-electron chi connectivity index (χ0n) is 13.8. The van der Waals surface area contributed by atoms with E-state index >= 15 is 0 Å². The Hall–Kier alpha value is -0.980. The van der Waals surface area contributed by atoms with Crippen LogP contribution >= 0.6 is 16.7 Å². The summed E-state index contributed by atoms with van der Waals surface area (Å²) in [5.74, 6) is 0.357. The lowest BCUT2D eigenvalue weighted by molar-refractivity contribution is -0.127. The molecule has 0 N–H and O–H groups in total. The van der Waals surface area contributed by atoms with Crippen LogP contribution in [0.1, 0.15) is 42.1 Å². The number of rotatable bonds is 4. The Kier molecular flexibility index (Phi) is 5.04. The summed E-state index contributed by atoms with van der Waals surface area (Å²) in [5, 5.41) is 0. The van der Waals surface area contributed by atoms with E-state index in [1.807, 2.05) is 40.8 Å². The van der Waals surface area contributed by atoms with Gasteiger partial charge in [0, 0.05) is 33.6 Å². The first-order chi connectivity index (χ1) is 11.1. The number of likely N-dealkylation sites (tertiary alicyclic amines) is 1. The molecule has 0 radical (unpaired) electrons. The van der Waals surface area contributed by atoms with Gasteiger partial charge in [0.2, 0.25) is 5.91 Å². The van der Waals surface area contributed by atoms with Crippen molar-refractivity contribution in [2.45, 2.75) is 31.6 Å². The summed E-state index contributed by atoms with van der Waals surface area (Å²) >= 11 is 0. The number of hydrogen-bond donors (Lipinski definition) is 0. The first kappa shape index (κ1) is 16.9. The number of carbonyl (C=O) groups excluding carboxylic acids is 2. The fourth-order valence-electron chi connectivity index (χ4n) is 3.43. The summed E-state index contributed by atoms with van der Waals surface area (Å²) in [6, 6.07) is 7.73. The van der Waals surface area contributed by atoms with Crippen LogP contribution < -0.4 is 0 Å². The molecule has 2 heterocycles. The van der Waals surface area contributed by atoms with E-state index in [0.717, 1.165) is 58.3 Å². The number of benzene rings is 1.